The van der Waals surface area contributed by atoms with Crippen molar-refractivity contribution in [2.75, 3.05) is 11.9 Å². The van der Waals surface area contributed by atoms with E-state index >= 15 is 0 Å². The molecule has 2 aromatic rings. The minimum absolute atomic E-state index is 0.219. The van der Waals surface area contributed by atoms with Crippen LogP contribution in [0.3, 0.4) is 0 Å². The van der Waals surface area contributed by atoms with Crippen molar-refractivity contribution in [3.63, 3.8) is 0 Å². The van der Waals surface area contributed by atoms with Gasteiger partial charge < -0.3 is 15.2 Å². The molecule has 1 heterocycles. The van der Waals surface area contributed by atoms with Gasteiger partial charge in [-0.3, -0.25) is 4.79 Å². The van der Waals surface area contributed by atoms with Gasteiger partial charge in [-0.25, -0.2) is 0 Å². The summed E-state index contributed by atoms with van der Waals surface area (Å²) in [5, 5.41) is 9.83. The quantitative estimate of drug-likeness (QED) is 0.794. The third-order valence-corrected chi connectivity index (χ3v) is 2.79. The Morgan fingerprint density at radius 1 is 1.35 bits per heavy atom. The van der Waals surface area contributed by atoms with Gasteiger partial charge in [-0.15, -0.1) is 0 Å². The third-order valence-electron chi connectivity index (χ3n) is 2.79. The van der Waals surface area contributed by atoms with E-state index < -0.39 is 0 Å². The van der Waals surface area contributed by atoms with E-state index in [1.54, 1.807) is 13.0 Å². The third kappa shape index (κ3) is 3.93. The largest absolute Gasteiger partial charge is 0.351 e. The number of aryl methyl sites for hydroxylation is 1. The van der Waals surface area contributed by atoms with Crippen molar-refractivity contribution in [1.29, 1.82) is 0 Å². The van der Waals surface area contributed by atoms with Crippen LogP contribution in [0, 0.1) is 6.92 Å². The molecule has 0 aliphatic heterocycles. The molecule has 5 nitrogen and oxygen atoms in total. The SMILES string of the molecule is CCCNCc1cccc(NC(=O)c2cc(C)no2)c1. The highest BCUT2D eigenvalue weighted by atomic mass is 16.5. The first-order chi connectivity index (χ1) is 9.69. The van der Waals surface area contributed by atoms with Gasteiger partial charge >= 0.3 is 0 Å². The number of carbonyl (C=O) groups is 1. The Morgan fingerprint density at radius 2 is 2.20 bits per heavy atom. The molecule has 0 saturated carbocycles. The molecule has 2 rings (SSSR count). The lowest BCUT2D eigenvalue weighted by Gasteiger charge is -2.07. The minimum Gasteiger partial charge on any atom is -0.351 e. The molecule has 0 unspecified atom stereocenters. The molecule has 0 fully saturated rings. The standard InChI is InChI=1S/C15H19N3O2/c1-3-7-16-10-12-5-4-6-13(9-12)17-15(19)14-8-11(2)18-20-14/h4-6,8-9,16H,3,7,10H2,1-2H3,(H,17,19). The lowest BCUT2D eigenvalue weighted by molar-refractivity contribution is 0.0988. The monoisotopic (exact) mass is 273 g/mol. The first-order valence-electron chi connectivity index (χ1n) is 6.73. The molecule has 1 aromatic heterocycles. The molecule has 20 heavy (non-hydrogen) atoms. The van der Waals surface area contributed by atoms with E-state index in [2.05, 4.69) is 22.7 Å². The number of rotatable bonds is 6. The summed E-state index contributed by atoms with van der Waals surface area (Å²) < 4.78 is 4.93. The van der Waals surface area contributed by atoms with Crippen molar-refractivity contribution in [1.82, 2.24) is 10.5 Å². The molecular formula is C15H19N3O2. The smallest absolute Gasteiger partial charge is 0.294 e. The predicted octanol–water partition coefficient (Wildman–Crippen LogP) is 2.73. The zero-order valence-electron chi connectivity index (χ0n) is 11.8. The van der Waals surface area contributed by atoms with Crippen LogP contribution in [0.15, 0.2) is 34.9 Å². The number of nitrogens with one attached hydrogen (secondary N) is 2. The lowest BCUT2D eigenvalue weighted by atomic mass is 10.2. The normalized spacial score (nSPS) is 10.5. The van der Waals surface area contributed by atoms with Crippen LogP contribution in [0.4, 0.5) is 5.69 Å². The van der Waals surface area contributed by atoms with Gasteiger partial charge in [0.15, 0.2) is 0 Å². The maximum atomic E-state index is 11.9. The van der Waals surface area contributed by atoms with Gasteiger partial charge in [-0.1, -0.05) is 24.2 Å². The maximum absolute atomic E-state index is 11.9. The number of carbonyl (C=O) groups excluding carboxylic acids is 1. The molecule has 1 aromatic carbocycles. The molecule has 5 heteroatoms. The van der Waals surface area contributed by atoms with Gasteiger partial charge in [0, 0.05) is 18.3 Å². The second-order valence-electron chi connectivity index (χ2n) is 4.66. The molecule has 0 atom stereocenters. The van der Waals surface area contributed by atoms with Gasteiger partial charge in [0.25, 0.3) is 5.91 Å². The Hall–Kier alpha value is -2.14. The minimum atomic E-state index is -0.288. The lowest BCUT2D eigenvalue weighted by Crippen LogP contribution is -2.14. The van der Waals surface area contributed by atoms with Crippen LogP contribution in [0.5, 0.6) is 0 Å². The summed E-state index contributed by atoms with van der Waals surface area (Å²) in [6.45, 7) is 5.68. The fourth-order valence-electron chi connectivity index (χ4n) is 1.83. The Balaban J connectivity index is 1.98. The summed E-state index contributed by atoms with van der Waals surface area (Å²) in [6.07, 6.45) is 1.10. The average Bonchev–Trinajstić information content (AvgIpc) is 2.86. The molecule has 0 spiro atoms. The molecular weight excluding hydrogens is 254 g/mol. The van der Waals surface area contributed by atoms with Crippen molar-refractivity contribution < 1.29 is 9.32 Å². The Labute approximate surface area is 118 Å². The van der Waals surface area contributed by atoms with Gasteiger partial charge in [0.05, 0.1) is 5.69 Å². The number of aromatic nitrogens is 1. The van der Waals surface area contributed by atoms with E-state index in [0.29, 0.717) is 5.69 Å². The first-order valence-corrected chi connectivity index (χ1v) is 6.73. The predicted molar refractivity (Wildman–Crippen MR) is 77.6 cm³/mol. The molecule has 0 bridgehead atoms. The molecule has 2 N–H and O–H groups in total. The highest BCUT2D eigenvalue weighted by Crippen LogP contribution is 2.12. The van der Waals surface area contributed by atoms with Crippen molar-refractivity contribution in [3.05, 3.63) is 47.3 Å². The number of benzene rings is 1. The van der Waals surface area contributed by atoms with E-state index in [0.717, 1.165) is 30.8 Å². The highest BCUT2D eigenvalue weighted by Gasteiger charge is 2.11. The zero-order chi connectivity index (χ0) is 14.4. The summed E-state index contributed by atoms with van der Waals surface area (Å²) in [7, 11) is 0. The fourth-order valence-corrected chi connectivity index (χ4v) is 1.83. The number of hydrogen-bond donors (Lipinski definition) is 2. The number of hydrogen-bond acceptors (Lipinski definition) is 4. The van der Waals surface area contributed by atoms with Crippen LogP contribution in [0.1, 0.15) is 35.2 Å². The second kappa shape index (κ2) is 6.86. The second-order valence-corrected chi connectivity index (χ2v) is 4.66. The van der Waals surface area contributed by atoms with Crippen molar-refractivity contribution >= 4 is 11.6 Å². The molecule has 0 aliphatic carbocycles. The number of nitrogens with zero attached hydrogens (tertiary/aromatic N) is 1. The van der Waals surface area contributed by atoms with Crippen LogP contribution < -0.4 is 10.6 Å². The van der Waals surface area contributed by atoms with E-state index in [-0.39, 0.29) is 11.7 Å². The van der Waals surface area contributed by atoms with E-state index in [9.17, 15) is 4.79 Å². The topological polar surface area (TPSA) is 67.2 Å². The first kappa shape index (κ1) is 14.3. The number of amides is 1. The van der Waals surface area contributed by atoms with Crippen molar-refractivity contribution in [3.8, 4) is 0 Å². The van der Waals surface area contributed by atoms with Crippen molar-refractivity contribution in [2.45, 2.75) is 26.8 Å². The summed E-state index contributed by atoms with van der Waals surface area (Å²) >= 11 is 0. The number of anilines is 1. The van der Waals surface area contributed by atoms with E-state index in [1.807, 2.05) is 24.3 Å². The zero-order valence-corrected chi connectivity index (χ0v) is 11.8. The molecule has 0 saturated heterocycles. The molecule has 106 valence electrons. The Bertz CT molecular complexity index is 578. The summed E-state index contributed by atoms with van der Waals surface area (Å²) in [4.78, 5) is 11.9. The van der Waals surface area contributed by atoms with Crippen LogP contribution in [-0.4, -0.2) is 17.6 Å². The van der Waals surface area contributed by atoms with Crippen LogP contribution in [0.25, 0.3) is 0 Å². The van der Waals surface area contributed by atoms with E-state index in [1.165, 1.54) is 0 Å². The average molecular weight is 273 g/mol. The highest BCUT2D eigenvalue weighted by molar-refractivity contribution is 6.02. The van der Waals surface area contributed by atoms with Crippen LogP contribution in [0.2, 0.25) is 0 Å². The summed E-state index contributed by atoms with van der Waals surface area (Å²) in [5.74, 6) is -0.0683. The fraction of sp³-hybridized carbons (Fsp3) is 0.333. The van der Waals surface area contributed by atoms with Crippen LogP contribution in [-0.2, 0) is 6.54 Å². The summed E-state index contributed by atoms with van der Waals surface area (Å²) in [5.41, 5.74) is 2.57. The molecule has 0 radical (unpaired) electrons. The molecule has 1 amide bonds. The maximum Gasteiger partial charge on any atom is 0.294 e. The summed E-state index contributed by atoms with van der Waals surface area (Å²) in [6, 6.07) is 9.36. The van der Waals surface area contributed by atoms with Gasteiger partial charge in [0.1, 0.15) is 0 Å². The Kier molecular flexibility index (Phi) is 4.90. The van der Waals surface area contributed by atoms with Crippen LogP contribution >= 0.6 is 0 Å². The van der Waals surface area contributed by atoms with Gasteiger partial charge in [0.2, 0.25) is 5.76 Å². The molecule has 0 aliphatic rings. The Morgan fingerprint density at radius 3 is 2.90 bits per heavy atom. The van der Waals surface area contributed by atoms with Crippen molar-refractivity contribution in [2.24, 2.45) is 0 Å². The van der Waals surface area contributed by atoms with Gasteiger partial charge in [-0.2, -0.15) is 0 Å². The van der Waals surface area contributed by atoms with Gasteiger partial charge in [-0.05, 0) is 37.6 Å². The van der Waals surface area contributed by atoms with E-state index in [4.69, 9.17) is 4.52 Å².